The van der Waals surface area contributed by atoms with Crippen LogP contribution in [-0.2, 0) is 13.0 Å². The fourth-order valence-corrected chi connectivity index (χ4v) is 3.12. The van der Waals surface area contributed by atoms with Crippen LogP contribution < -0.4 is 11.1 Å². The quantitative estimate of drug-likeness (QED) is 0.794. The van der Waals surface area contributed by atoms with Crippen molar-refractivity contribution in [3.63, 3.8) is 0 Å². The lowest BCUT2D eigenvalue weighted by Crippen LogP contribution is -2.37. The number of amides is 1. The molecular formula is C15H18ClN3O2. The highest BCUT2D eigenvalue weighted by atomic mass is 35.5. The maximum Gasteiger partial charge on any atom is 0.405 e. The Kier molecular flexibility index (Phi) is 3.55. The monoisotopic (exact) mass is 307 g/mol. The number of hydrogen-bond acceptors (Lipinski definition) is 2. The summed E-state index contributed by atoms with van der Waals surface area (Å²) in [5, 5.41) is 13.3. The molecule has 0 atom stereocenters. The van der Waals surface area contributed by atoms with Gasteiger partial charge in [0.05, 0.1) is 5.02 Å². The average molecular weight is 308 g/mol. The smallest absolute Gasteiger partial charge is 0.405 e. The fraction of sp³-hybridized carbons (Fsp3) is 0.400. The van der Waals surface area contributed by atoms with Gasteiger partial charge >= 0.3 is 6.09 Å². The van der Waals surface area contributed by atoms with E-state index in [9.17, 15) is 4.79 Å². The van der Waals surface area contributed by atoms with Crippen LogP contribution in [0, 0.1) is 0 Å². The fourth-order valence-electron chi connectivity index (χ4n) is 2.84. The molecule has 0 bridgehead atoms. The molecule has 1 aliphatic carbocycles. The van der Waals surface area contributed by atoms with Crippen LogP contribution in [0.4, 0.5) is 4.79 Å². The Hall–Kier alpha value is -1.72. The van der Waals surface area contributed by atoms with Crippen LogP contribution in [0.1, 0.15) is 18.4 Å². The third kappa shape index (κ3) is 2.84. The summed E-state index contributed by atoms with van der Waals surface area (Å²) in [5.41, 5.74) is 7.51. The Balaban J connectivity index is 1.90. The normalized spacial score (nSPS) is 16.1. The zero-order valence-corrected chi connectivity index (χ0v) is 12.4. The SMILES string of the molecule is NCCn1cc(Cl)c2ccc(CC3(NC(=O)O)CC3)cc21. The van der Waals surface area contributed by atoms with Gasteiger partial charge in [-0.1, -0.05) is 23.7 Å². The third-order valence-electron chi connectivity index (χ3n) is 4.04. The van der Waals surface area contributed by atoms with E-state index in [1.54, 1.807) is 0 Å². The first-order valence-electron chi connectivity index (χ1n) is 7.01. The summed E-state index contributed by atoms with van der Waals surface area (Å²) >= 11 is 6.23. The summed E-state index contributed by atoms with van der Waals surface area (Å²) in [7, 11) is 0. The second-order valence-electron chi connectivity index (χ2n) is 5.70. The van der Waals surface area contributed by atoms with Crippen LogP contribution in [0.5, 0.6) is 0 Å². The zero-order valence-electron chi connectivity index (χ0n) is 11.6. The first-order valence-corrected chi connectivity index (χ1v) is 7.39. The second kappa shape index (κ2) is 5.24. The summed E-state index contributed by atoms with van der Waals surface area (Å²) in [6.45, 7) is 1.26. The number of nitrogens with zero attached hydrogens (tertiary/aromatic N) is 1. The molecule has 1 aromatic carbocycles. The number of fused-ring (bicyclic) bond motifs is 1. The lowest BCUT2D eigenvalue weighted by Gasteiger charge is -2.15. The minimum atomic E-state index is -0.955. The van der Waals surface area contributed by atoms with Gasteiger partial charge in [0.15, 0.2) is 0 Å². The van der Waals surface area contributed by atoms with Crippen molar-refractivity contribution in [2.75, 3.05) is 6.54 Å². The minimum absolute atomic E-state index is 0.283. The summed E-state index contributed by atoms with van der Waals surface area (Å²) in [4.78, 5) is 10.9. The highest BCUT2D eigenvalue weighted by molar-refractivity contribution is 6.35. The predicted molar refractivity (Wildman–Crippen MR) is 82.8 cm³/mol. The Morgan fingerprint density at radius 1 is 1.48 bits per heavy atom. The van der Waals surface area contributed by atoms with Crippen LogP contribution in [0.15, 0.2) is 24.4 Å². The number of halogens is 1. The van der Waals surface area contributed by atoms with Crippen molar-refractivity contribution in [3.05, 3.63) is 35.0 Å². The van der Waals surface area contributed by atoms with Crippen LogP contribution in [0.3, 0.4) is 0 Å². The van der Waals surface area contributed by atoms with E-state index >= 15 is 0 Å². The van der Waals surface area contributed by atoms with Crippen LogP contribution in [0.2, 0.25) is 5.02 Å². The zero-order chi connectivity index (χ0) is 15.0. The summed E-state index contributed by atoms with van der Waals surface area (Å²) < 4.78 is 2.05. The van der Waals surface area contributed by atoms with Gasteiger partial charge in [0.2, 0.25) is 0 Å². The van der Waals surface area contributed by atoms with Crippen LogP contribution in [-0.4, -0.2) is 27.9 Å². The topological polar surface area (TPSA) is 80.3 Å². The van der Waals surface area contributed by atoms with Crippen molar-refractivity contribution < 1.29 is 9.90 Å². The molecule has 1 aromatic heterocycles. The molecule has 0 spiro atoms. The molecular weight excluding hydrogens is 290 g/mol. The minimum Gasteiger partial charge on any atom is -0.465 e. The Labute approximate surface area is 127 Å². The Morgan fingerprint density at radius 3 is 2.86 bits per heavy atom. The number of rotatable bonds is 5. The molecule has 1 heterocycles. The van der Waals surface area contributed by atoms with Gasteiger partial charge in [-0.25, -0.2) is 4.79 Å². The number of benzene rings is 1. The molecule has 0 unspecified atom stereocenters. The molecule has 5 nitrogen and oxygen atoms in total. The highest BCUT2D eigenvalue weighted by Gasteiger charge is 2.44. The summed E-state index contributed by atoms with van der Waals surface area (Å²) in [6.07, 6.45) is 3.43. The molecule has 0 aliphatic heterocycles. The Morgan fingerprint density at radius 2 is 2.24 bits per heavy atom. The van der Waals surface area contributed by atoms with Gasteiger partial charge in [-0.2, -0.15) is 0 Å². The predicted octanol–water partition coefficient (Wildman–Crippen LogP) is 2.60. The largest absolute Gasteiger partial charge is 0.465 e. The molecule has 3 rings (SSSR count). The maximum absolute atomic E-state index is 10.9. The number of aromatic nitrogens is 1. The van der Waals surface area contributed by atoms with E-state index in [1.165, 1.54) is 0 Å². The Bertz CT molecular complexity index is 692. The van der Waals surface area contributed by atoms with Crippen LogP contribution in [0.25, 0.3) is 10.9 Å². The maximum atomic E-state index is 10.9. The summed E-state index contributed by atoms with van der Waals surface area (Å²) in [5.74, 6) is 0. The van der Waals surface area contributed by atoms with Crippen molar-refractivity contribution in [2.24, 2.45) is 5.73 Å². The van der Waals surface area contributed by atoms with Gasteiger partial charge < -0.3 is 20.7 Å². The van der Waals surface area contributed by atoms with E-state index in [2.05, 4.69) is 11.4 Å². The van der Waals surface area contributed by atoms with Gasteiger partial charge in [0, 0.05) is 35.7 Å². The molecule has 21 heavy (non-hydrogen) atoms. The molecule has 2 aromatic rings. The number of carboxylic acid groups (broad SMARTS) is 1. The van der Waals surface area contributed by atoms with Crippen molar-refractivity contribution in [2.45, 2.75) is 31.3 Å². The average Bonchev–Trinajstić information content (AvgIpc) is 3.08. The van der Waals surface area contributed by atoms with Crippen molar-refractivity contribution in [3.8, 4) is 0 Å². The van der Waals surface area contributed by atoms with Crippen molar-refractivity contribution in [1.29, 1.82) is 0 Å². The lowest BCUT2D eigenvalue weighted by atomic mass is 10.0. The van der Waals surface area contributed by atoms with Gasteiger partial charge in [-0.15, -0.1) is 0 Å². The molecule has 1 saturated carbocycles. The van der Waals surface area contributed by atoms with Gasteiger partial charge in [-0.3, -0.25) is 0 Å². The molecule has 0 saturated heterocycles. The second-order valence-corrected chi connectivity index (χ2v) is 6.11. The molecule has 1 fully saturated rings. The molecule has 4 N–H and O–H groups in total. The standard InChI is InChI=1S/C15H18ClN3O2/c16-12-9-19(6-5-17)13-7-10(1-2-11(12)13)8-15(3-4-15)18-14(20)21/h1-2,7,9,18H,3-6,8,17H2,(H,20,21). The lowest BCUT2D eigenvalue weighted by molar-refractivity contribution is 0.188. The summed E-state index contributed by atoms with van der Waals surface area (Å²) in [6, 6.07) is 6.10. The van der Waals surface area contributed by atoms with E-state index in [0.29, 0.717) is 19.5 Å². The van der Waals surface area contributed by atoms with Gasteiger partial charge in [0.1, 0.15) is 0 Å². The first-order chi connectivity index (χ1) is 10.0. The van der Waals surface area contributed by atoms with E-state index in [0.717, 1.165) is 34.3 Å². The number of carbonyl (C=O) groups is 1. The third-order valence-corrected chi connectivity index (χ3v) is 4.34. The van der Waals surface area contributed by atoms with Crippen molar-refractivity contribution in [1.82, 2.24) is 9.88 Å². The molecule has 6 heteroatoms. The first kappa shape index (κ1) is 14.2. The highest BCUT2D eigenvalue weighted by Crippen LogP contribution is 2.39. The van der Waals surface area contributed by atoms with Gasteiger partial charge in [0.25, 0.3) is 0 Å². The van der Waals surface area contributed by atoms with E-state index < -0.39 is 6.09 Å². The van der Waals surface area contributed by atoms with Crippen LogP contribution >= 0.6 is 11.6 Å². The number of hydrogen-bond donors (Lipinski definition) is 3. The molecule has 112 valence electrons. The molecule has 0 radical (unpaired) electrons. The molecule has 1 amide bonds. The van der Waals surface area contributed by atoms with Gasteiger partial charge in [-0.05, 0) is 30.9 Å². The number of nitrogens with two attached hydrogens (primary N) is 1. The molecule has 1 aliphatic rings. The van der Waals surface area contributed by atoms with E-state index in [-0.39, 0.29) is 5.54 Å². The van der Waals surface area contributed by atoms with E-state index in [4.69, 9.17) is 22.4 Å². The number of nitrogens with one attached hydrogen (secondary N) is 1. The van der Waals surface area contributed by atoms with Crippen molar-refractivity contribution >= 4 is 28.6 Å². The van der Waals surface area contributed by atoms with E-state index in [1.807, 2.05) is 22.9 Å².